The molecule has 1 atom stereocenters. The zero-order valence-electron chi connectivity index (χ0n) is 23.8. The summed E-state index contributed by atoms with van der Waals surface area (Å²) < 4.78 is 18.9. The second kappa shape index (κ2) is 23.6. The van der Waals surface area contributed by atoms with Gasteiger partial charge in [0, 0.05) is 6.16 Å². The minimum absolute atomic E-state index is 0.732. The van der Waals surface area contributed by atoms with Crippen LogP contribution in [0.25, 0.3) is 0 Å². The lowest BCUT2D eigenvalue weighted by Crippen LogP contribution is -2.00. The Morgan fingerprint density at radius 3 is 1.57 bits per heavy atom. The SMILES string of the molecule is CCCCCCCCCc1cccc(O[PH](=O)CCCCCCCC)c1CCCCCCCCC. The summed E-state index contributed by atoms with van der Waals surface area (Å²) in [7, 11) is -2.00. The molecular formula is C32H59O2P. The predicted octanol–water partition coefficient (Wildman–Crippen LogP) is 11.5. The monoisotopic (exact) mass is 506 g/mol. The molecular weight excluding hydrogens is 447 g/mol. The third kappa shape index (κ3) is 17.4. The standard InChI is InChI=1S/C32H59O2P/c1-4-7-10-13-16-18-21-25-30-26-24-28-32(31(30)27-22-19-17-14-11-8-5-2)34-35(33)29-23-20-15-12-9-6-3/h24,26,28,35H,4-23,25,27,29H2,1-3H3. The fraction of sp³-hybridized carbons (Fsp3) is 0.812. The summed E-state index contributed by atoms with van der Waals surface area (Å²) in [6, 6.07) is 6.50. The largest absolute Gasteiger partial charge is 0.444 e. The van der Waals surface area contributed by atoms with E-state index in [1.807, 2.05) is 0 Å². The van der Waals surface area contributed by atoms with Gasteiger partial charge >= 0.3 is 0 Å². The van der Waals surface area contributed by atoms with Gasteiger partial charge in [0.05, 0.1) is 0 Å². The van der Waals surface area contributed by atoms with Crippen LogP contribution in [0.3, 0.4) is 0 Å². The number of hydrogen-bond acceptors (Lipinski definition) is 2. The highest BCUT2D eigenvalue weighted by atomic mass is 31.1. The zero-order chi connectivity index (χ0) is 25.4. The highest BCUT2D eigenvalue weighted by Crippen LogP contribution is 2.34. The maximum absolute atomic E-state index is 12.8. The molecule has 35 heavy (non-hydrogen) atoms. The van der Waals surface area contributed by atoms with Crippen LogP contribution in [-0.2, 0) is 17.4 Å². The molecule has 0 N–H and O–H groups in total. The van der Waals surface area contributed by atoms with Crippen molar-refractivity contribution in [2.45, 2.75) is 162 Å². The average molecular weight is 507 g/mol. The summed E-state index contributed by atoms with van der Waals surface area (Å²) in [4.78, 5) is 0. The number of rotatable bonds is 25. The molecule has 0 heterocycles. The van der Waals surface area contributed by atoms with Gasteiger partial charge in [-0.2, -0.15) is 0 Å². The Balaban J connectivity index is 2.59. The van der Waals surface area contributed by atoms with E-state index < -0.39 is 8.03 Å². The van der Waals surface area contributed by atoms with Gasteiger partial charge in [-0.1, -0.05) is 142 Å². The molecule has 1 rings (SSSR count). The first-order chi connectivity index (χ1) is 17.2. The van der Waals surface area contributed by atoms with E-state index in [1.54, 1.807) is 0 Å². The first kappa shape index (κ1) is 32.3. The van der Waals surface area contributed by atoms with Crippen molar-refractivity contribution in [3.8, 4) is 5.75 Å². The molecule has 0 aliphatic heterocycles. The Hall–Kier alpha value is -0.750. The van der Waals surface area contributed by atoms with Gasteiger partial charge in [0.25, 0.3) is 0 Å². The van der Waals surface area contributed by atoms with E-state index in [1.165, 1.54) is 133 Å². The third-order valence-electron chi connectivity index (χ3n) is 7.27. The van der Waals surface area contributed by atoms with Crippen LogP contribution in [0.2, 0.25) is 0 Å². The van der Waals surface area contributed by atoms with E-state index in [2.05, 4.69) is 39.0 Å². The van der Waals surface area contributed by atoms with Crippen molar-refractivity contribution in [2.75, 3.05) is 6.16 Å². The molecule has 0 amide bonds. The summed E-state index contributed by atoms with van der Waals surface area (Å²) in [5, 5.41) is 0. The van der Waals surface area contributed by atoms with E-state index >= 15 is 0 Å². The van der Waals surface area contributed by atoms with Gasteiger partial charge < -0.3 is 4.52 Å². The van der Waals surface area contributed by atoms with Gasteiger partial charge in [-0.15, -0.1) is 0 Å². The first-order valence-electron chi connectivity index (χ1n) is 15.5. The lowest BCUT2D eigenvalue weighted by molar-refractivity contribution is 0.495. The fourth-order valence-electron chi connectivity index (χ4n) is 4.98. The fourth-order valence-corrected chi connectivity index (χ4v) is 6.06. The van der Waals surface area contributed by atoms with Crippen LogP contribution in [-0.4, -0.2) is 6.16 Å². The molecule has 0 aliphatic carbocycles. The van der Waals surface area contributed by atoms with Crippen LogP contribution in [0.15, 0.2) is 18.2 Å². The second-order valence-electron chi connectivity index (χ2n) is 10.6. The summed E-state index contributed by atoms with van der Waals surface area (Å²) in [5.41, 5.74) is 2.80. The Bertz CT molecular complexity index is 628. The first-order valence-corrected chi connectivity index (χ1v) is 17.1. The topological polar surface area (TPSA) is 26.3 Å². The zero-order valence-corrected chi connectivity index (χ0v) is 24.8. The number of unbranched alkanes of at least 4 members (excludes halogenated alkanes) is 17. The van der Waals surface area contributed by atoms with Crippen molar-refractivity contribution >= 4 is 8.03 Å². The summed E-state index contributed by atoms with van der Waals surface area (Å²) in [6.45, 7) is 6.81. The van der Waals surface area contributed by atoms with Crippen molar-refractivity contribution in [1.29, 1.82) is 0 Å². The van der Waals surface area contributed by atoms with Gasteiger partial charge in [0.1, 0.15) is 5.75 Å². The van der Waals surface area contributed by atoms with Crippen molar-refractivity contribution in [1.82, 2.24) is 0 Å². The summed E-state index contributed by atoms with van der Waals surface area (Å²) in [5.74, 6) is 0.923. The summed E-state index contributed by atoms with van der Waals surface area (Å²) >= 11 is 0. The van der Waals surface area contributed by atoms with Crippen molar-refractivity contribution in [3.05, 3.63) is 29.3 Å². The van der Waals surface area contributed by atoms with Gasteiger partial charge in [0.15, 0.2) is 0 Å². The van der Waals surface area contributed by atoms with Crippen molar-refractivity contribution < 1.29 is 9.09 Å². The van der Waals surface area contributed by atoms with E-state index in [-0.39, 0.29) is 0 Å². The van der Waals surface area contributed by atoms with Crippen LogP contribution < -0.4 is 4.52 Å². The molecule has 0 fully saturated rings. The van der Waals surface area contributed by atoms with Crippen molar-refractivity contribution in [3.63, 3.8) is 0 Å². The molecule has 1 unspecified atom stereocenters. The smallest absolute Gasteiger partial charge is 0.236 e. The minimum Gasteiger partial charge on any atom is -0.444 e. The van der Waals surface area contributed by atoms with Crippen molar-refractivity contribution in [2.24, 2.45) is 0 Å². The quantitative estimate of drug-likeness (QED) is 0.0973. The molecule has 0 radical (unpaired) electrons. The third-order valence-corrected chi connectivity index (χ3v) is 8.48. The molecule has 0 aromatic heterocycles. The lowest BCUT2D eigenvalue weighted by Gasteiger charge is -2.16. The van der Waals surface area contributed by atoms with E-state index in [0.29, 0.717) is 0 Å². The predicted molar refractivity (Wildman–Crippen MR) is 158 cm³/mol. The molecule has 204 valence electrons. The van der Waals surface area contributed by atoms with Gasteiger partial charge in [-0.05, 0) is 49.3 Å². The van der Waals surface area contributed by atoms with Crippen LogP contribution in [0.5, 0.6) is 5.75 Å². The number of hydrogen-bond donors (Lipinski definition) is 0. The Morgan fingerprint density at radius 1 is 0.571 bits per heavy atom. The maximum Gasteiger partial charge on any atom is 0.236 e. The van der Waals surface area contributed by atoms with E-state index in [0.717, 1.165) is 31.2 Å². The second-order valence-corrected chi connectivity index (χ2v) is 12.1. The van der Waals surface area contributed by atoms with E-state index in [9.17, 15) is 4.57 Å². The molecule has 0 aliphatic rings. The molecule has 0 saturated carbocycles. The Morgan fingerprint density at radius 2 is 1.03 bits per heavy atom. The molecule has 0 bridgehead atoms. The van der Waals surface area contributed by atoms with Gasteiger partial charge in [-0.25, -0.2) is 0 Å². The molecule has 1 aromatic rings. The van der Waals surface area contributed by atoms with Crippen LogP contribution in [0.4, 0.5) is 0 Å². The number of benzene rings is 1. The molecule has 0 saturated heterocycles. The number of aryl methyl sites for hydroxylation is 1. The Kier molecular flexibility index (Phi) is 21.8. The Labute approximate surface area is 220 Å². The maximum atomic E-state index is 12.8. The van der Waals surface area contributed by atoms with Crippen LogP contribution in [0, 0.1) is 0 Å². The normalized spacial score (nSPS) is 12.2. The molecule has 3 heteroatoms. The van der Waals surface area contributed by atoms with Gasteiger partial charge in [-0.3, -0.25) is 4.57 Å². The van der Waals surface area contributed by atoms with Crippen LogP contribution in [0.1, 0.15) is 160 Å². The molecule has 1 aromatic carbocycles. The van der Waals surface area contributed by atoms with Crippen LogP contribution >= 0.6 is 8.03 Å². The molecule has 2 nitrogen and oxygen atoms in total. The molecule has 0 spiro atoms. The van der Waals surface area contributed by atoms with Gasteiger partial charge in [0.2, 0.25) is 8.03 Å². The highest BCUT2D eigenvalue weighted by Gasteiger charge is 2.12. The highest BCUT2D eigenvalue weighted by molar-refractivity contribution is 7.39. The lowest BCUT2D eigenvalue weighted by atomic mass is 9.95. The minimum atomic E-state index is -2.00. The van der Waals surface area contributed by atoms with E-state index in [4.69, 9.17) is 4.52 Å². The summed E-state index contributed by atoms with van der Waals surface area (Å²) in [6.07, 6.45) is 29.0. The average Bonchev–Trinajstić information content (AvgIpc) is 2.86.